The number of hydrogen-bond acceptors (Lipinski definition) is 3. The van der Waals surface area contributed by atoms with Crippen LogP contribution in [0.15, 0.2) is 18.2 Å². The Bertz CT molecular complexity index is 411. The molecule has 1 rings (SSSR count). The summed E-state index contributed by atoms with van der Waals surface area (Å²) >= 11 is 0. The first-order valence-electron chi connectivity index (χ1n) is 6.51. The minimum atomic E-state index is -0.762. The van der Waals surface area contributed by atoms with Crippen LogP contribution in [-0.2, 0) is 4.79 Å². The zero-order valence-corrected chi connectivity index (χ0v) is 12.1. The van der Waals surface area contributed by atoms with Crippen molar-refractivity contribution in [3.05, 3.63) is 29.3 Å². The Morgan fingerprint density at radius 3 is 2.42 bits per heavy atom. The van der Waals surface area contributed by atoms with Crippen molar-refractivity contribution >= 4 is 5.97 Å². The molecule has 4 nitrogen and oxygen atoms in total. The third-order valence-corrected chi connectivity index (χ3v) is 2.94. The van der Waals surface area contributed by atoms with Crippen LogP contribution in [0.2, 0.25) is 0 Å². The molecule has 106 valence electrons. The molecule has 0 saturated heterocycles. The number of nitrogens with zero attached hydrogens (tertiary/aromatic N) is 1. The SMILES string of the molecule is Cc1cc(C)cc(OCCN(C)CC(C)C(=O)O)c1. The maximum absolute atomic E-state index is 10.7. The second kappa shape index (κ2) is 7.14. The summed E-state index contributed by atoms with van der Waals surface area (Å²) < 4.78 is 5.69. The van der Waals surface area contributed by atoms with Gasteiger partial charge in [0.2, 0.25) is 0 Å². The molecule has 1 aromatic carbocycles. The minimum Gasteiger partial charge on any atom is -0.492 e. The van der Waals surface area contributed by atoms with Crippen LogP contribution in [0.1, 0.15) is 18.1 Å². The number of carboxylic acids is 1. The first-order valence-corrected chi connectivity index (χ1v) is 6.51. The summed E-state index contributed by atoms with van der Waals surface area (Å²) in [4.78, 5) is 12.7. The van der Waals surface area contributed by atoms with Crippen LogP contribution in [0, 0.1) is 19.8 Å². The van der Waals surface area contributed by atoms with Crippen LogP contribution in [-0.4, -0.2) is 42.7 Å². The van der Waals surface area contributed by atoms with E-state index in [-0.39, 0.29) is 5.92 Å². The summed E-state index contributed by atoms with van der Waals surface area (Å²) in [5.74, 6) is -0.245. The lowest BCUT2D eigenvalue weighted by molar-refractivity contribution is -0.141. The number of carbonyl (C=O) groups is 1. The van der Waals surface area contributed by atoms with Gasteiger partial charge in [-0.15, -0.1) is 0 Å². The van der Waals surface area contributed by atoms with Crippen molar-refractivity contribution in [1.29, 1.82) is 0 Å². The van der Waals surface area contributed by atoms with Crippen molar-refractivity contribution in [3.8, 4) is 5.75 Å². The van der Waals surface area contributed by atoms with Crippen LogP contribution < -0.4 is 4.74 Å². The van der Waals surface area contributed by atoms with E-state index in [1.165, 1.54) is 11.1 Å². The average molecular weight is 265 g/mol. The quantitative estimate of drug-likeness (QED) is 0.822. The number of aliphatic carboxylic acids is 1. The van der Waals surface area contributed by atoms with Gasteiger partial charge in [-0.25, -0.2) is 0 Å². The molecule has 1 aromatic rings. The smallest absolute Gasteiger partial charge is 0.307 e. The Morgan fingerprint density at radius 1 is 1.32 bits per heavy atom. The van der Waals surface area contributed by atoms with Crippen LogP contribution in [0.3, 0.4) is 0 Å². The lowest BCUT2D eigenvalue weighted by atomic mass is 10.1. The summed E-state index contributed by atoms with van der Waals surface area (Å²) in [6, 6.07) is 6.12. The first kappa shape index (κ1) is 15.5. The normalized spacial score (nSPS) is 12.5. The lowest BCUT2D eigenvalue weighted by Crippen LogP contribution is -2.31. The number of ether oxygens (including phenoxy) is 1. The van der Waals surface area contributed by atoms with E-state index in [9.17, 15) is 4.79 Å². The van der Waals surface area contributed by atoms with E-state index < -0.39 is 5.97 Å². The fourth-order valence-corrected chi connectivity index (χ4v) is 1.97. The standard InChI is InChI=1S/C15H23NO3/c1-11-7-12(2)9-14(8-11)19-6-5-16(4)10-13(3)15(17)18/h7-9,13H,5-6,10H2,1-4H3,(H,17,18). The highest BCUT2D eigenvalue weighted by atomic mass is 16.5. The Morgan fingerprint density at radius 2 is 1.89 bits per heavy atom. The Balaban J connectivity index is 2.35. The summed E-state index contributed by atoms with van der Waals surface area (Å²) in [7, 11) is 1.91. The van der Waals surface area contributed by atoms with E-state index >= 15 is 0 Å². The van der Waals surface area contributed by atoms with Gasteiger partial charge in [0.1, 0.15) is 12.4 Å². The molecule has 19 heavy (non-hydrogen) atoms. The van der Waals surface area contributed by atoms with E-state index in [2.05, 4.69) is 6.07 Å². The molecule has 0 saturated carbocycles. The second-order valence-electron chi connectivity index (χ2n) is 5.17. The Labute approximate surface area is 115 Å². The zero-order valence-electron chi connectivity index (χ0n) is 12.1. The topological polar surface area (TPSA) is 49.8 Å². The van der Waals surface area contributed by atoms with Gasteiger partial charge >= 0.3 is 5.97 Å². The van der Waals surface area contributed by atoms with Crippen LogP contribution >= 0.6 is 0 Å². The fourth-order valence-electron chi connectivity index (χ4n) is 1.97. The van der Waals surface area contributed by atoms with Gasteiger partial charge in [0.05, 0.1) is 5.92 Å². The van der Waals surface area contributed by atoms with Crippen LogP contribution in [0.5, 0.6) is 5.75 Å². The van der Waals surface area contributed by atoms with Crippen molar-refractivity contribution < 1.29 is 14.6 Å². The van der Waals surface area contributed by atoms with Gasteiger partial charge in [0, 0.05) is 13.1 Å². The van der Waals surface area contributed by atoms with Gasteiger partial charge in [-0.05, 0) is 44.2 Å². The molecule has 0 aromatic heterocycles. The van der Waals surface area contributed by atoms with Crippen molar-refractivity contribution in [3.63, 3.8) is 0 Å². The largest absolute Gasteiger partial charge is 0.492 e. The fraction of sp³-hybridized carbons (Fsp3) is 0.533. The van der Waals surface area contributed by atoms with Crippen LogP contribution in [0.25, 0.3) is 0 Å². The number of benzene rings is 1. The molecule has 0 amide bonds. The lowest BCUT2D eigenvalue weighted by Gasteiger charge is -2.19. The molecular formula is C15H23NO3. The number of aryl methyl sites for hydroxylation is 2. The molecule has 1 N–H and O–H groups in total. The molecule has 4 heteroatoms. The zero-order chi connectivity index (χ0) is 14.4. The molecule has 0 aliphatic rings. The molecule has 0 aliphatic carbocycles. The number of hydrogen-bond donors (Lipinski definition) is 1. The third kappa shape index (κ3) is 5.75. The van der Waals surface area contributed by atoms with Gasteiger partial charge in [-0.3, -0.25) is 4.79 Å². The van der Waals surface area contributed by atoms with Gasteiger partial charge in [0.25, 0.3) is 0 Å². The summed E-state index contributed by atoms with van der Waals surface area (Å²) in [5.41, 5.74) is 2.37. The summed E-state index contributed by atoms with van der Waals surface area (Å²) in [6.45, 7) is 7.60. The minimum absolute atomic E-state index is 0.355. The maximum atomic E-state index is 10.7. The van der Waals surface area contributed by atoms with Crippen molar-refractivity contribution in [2.24, 2.45) is 5.92 Å². The predicted molar refractivity (Wildman–Crippen MR) is 75.7 cm³/mol. The first-order chi connectivity index (χ1) is 8.88. The molecule has 0 heterocycles. The maximum Gasteiger partial charge on any atom is 0.307 e. The summed E-state index contributed by atoms with van der Waals surface area (Å²) in [5, 5.41) is 8.84. The summed E-state index contributed by atoms with van der Waals surface area (Å²) in [6.07, 6.45) is 0. The van der Waals surface area contributed by atoms with E-state index in [0.717, 1.165) is 5.75 Å². The van der Waals surface area contributed by atoms with E-state index in [1.807, 2.05) is 37.9 Å². The van der Waals surface area contributed by atoms with Gasteiger partial charge in [-0.2, -0.15) is 0 Å². The Kier molecular flexibility index (Phi) is 5.83. The number of carboxylic acid groups (broad SMARTS) is 1. The van der Waals surface area contributed by atoms with Crippen molar-refractivity contribution in [2.45, 2.75) is 20.8 Å². The number of rotatable bonds is 7. The van der Waals surface area contributed by atoms with Crippen LogP contribution in [0.4, 0.5) is 0 Å². The molecule has 1 atom stereocenters. The number of likely N-dealkylation sites (N-methyl/N-ethyl adjacent to an activating group) is 1. The molecule has 0 bridgehead atoms. The highest BCUT2D eigenvalue weighted by Crippen LogP contribution is 2.16. The highest BCUT2D eigenvalue weighted by Gasteiger charge is 2.13. The molecule has 0 aliphatic heterocycles. The van der Waals surface area contributed by atoms with E-state index in [0.29, 0.717) is 19.7 Å². The van der Waals surface area contributed by atoms with Gasteiger partial charge in [0.15, 0.2) is 0 Å². The second-order valence-corrected chi connectivity index (χ2v) is 5.17. The molecule has 0 fully saturated rings. The van der Waals surface area contributed by atoms with Crippen molar-refractivity contribution in [2.75, 3.05) is 26.7 Å². The third-order valence-electron chi connectivity index (χ3n) is 2.94. The van der Waals surface area contributed by atoms with Gasteiger partial charge in [-0.1, -0.05) is 13.0 Å². The average Bonchev–Trinajstić information content (AvgIpc) is 2.27. The van der Waals surface area contributed by atoms with E-state index in [1.54, 1.807) is 6.92 Å². The highest BCUT2D eigenvalue weighted by molar-refractivity contribution is 5.69. The molecule has 0 radical (unpaired) electrons. The molecule has 1 unspecified atom stereocenters. The van der Waals surface area contributed by atoms with Crippen molar-refractivity contribution in [1.82, 2.24) is 4.90 Å². The predicted octanol–water partition coefficient (Wildman–Crippen LogP) is 2.33. The van der Waals surface area contributed by atoms with Gasteiger partial charge < -0.3 is 14.7 Å². The molecular weight excluding hydrogens is 242 g/mol. The molecule has 0 spiro atoms. The van der Waals surface area contributed by atoms with E-state index in [4.69, 9.17) is 9.84 Å². The Hall–Kier alpha value is -1.55. The monoisotopic (exact) mass is 265 g/mol.